The molecule has 2 aromatic rings. The third kappa shape index (κ3) is 6.37. The monoisotopic (exact) mass is 537 g/mol. The van der Waals surface area contributed by atoms with Crippen LogP contribution in [0.5, 0.6) is 0 Å². The van der Waals surface area contributed by atoms with Crippen LogP contribution in [0, 0.1) is 0 Å². The van der Waals surface area contributed by atoms with Crippen molar-refractivity contribution in [3.8, 4) is 0 Å². The maximum atomic E-state index is 13.2. The maximum absolute atomic E-state index is 13.2. The van der Waals surface area contributed by atoms with E-state index in [1.807, 2.05) is 0 Å². The quantitative estimate of drug-likeness (QED) is 0.218. The number of imide groups is 1. The highest BCUT2D eigenvalue weighted by atomic mass is 35.5. The van der Waals surface area contributed by atoms with E-state index < -0.39 is 41.9 Å². The molecule has 2 amide bonds. The van der Waals surface area contributed by atoms with Crippen molar-refractivity contribution < 1.29 is 41.0 Å². The molecule has 15 heteroatoms. The Morgan fingerprint density at radius 3 is 2.22 bits per heavy atom. The Hall–Kier alpha value is -3.52. The number of carbonyl (C=O) groups is 2. The summed E-state index contributed by atoms with van der Waals surface area (Å²) in [5.41, 5.74) is -2.34. The lowest BCUT2D eigenvalue weighted by atomic mass is 10.1. The van der Waals surface area contributed by atoms with Crippen LogP contribution in [0.25, 0.3) is 0 Å². The SMILES string of the molecule is O=C1C=C(Nc2cc(C(F)(F)F)ccc2NCCNc2ncc(C(F)(F)F)cc2Cl)C(=O)N1CCO. The van der Waals surface area contributed by atoms with Crippen LogP contribution in [0.3, 0.4) is 0 Å². The van der Waals surface area contributed by atoms with Crippen molar-refractivity contribution in [2.24, 2.45) is 0 Å². The van der Waals surface area contributed by atoms with Gasteiger partial charge in [-0.3, -0.25) is 14.5 Å². The van der Waals surface area contributed by atoms with Gasteiger partial charge in [0.2, 0.25) is 0 Å². The standard InChI is InChI=1S/C21H18ClF6N5O3/c22-13-7-12(21(26,27)28)10-31-18(13)30-4-3-29-14-2-1-11(20(23,24)25)8-15(14)32-16-9-17(35)33(5-6-34)19(16)36/h1-2,7-10,29,32,34H,3-6H2,(H,30,31). The average Bonchev–Trinajstić information content (AvgIpc) is 3.04. The number of hydrogen-bond donors (Lipinski definition) is 4. The minimum absolute atomic E-state index is 0.0265. The number of pyridine rings is 1. The van der Waals surface area contributed by atoms with Crippen LogP contribution in [0.1, 0.15) is 11.1 Å². The summed E-state index contributed by atoms with van der Waals surface area (Å²) in [5.74, 6) is -1.58. The number of anilines is 3. The van der Waals surface area contributed by atoms with Crippen molar-refractivity contribution in [3.05, 3.63) is 58.4 Å². The molecule has 8 nitrogen and oxygen atoms in total. The molecule has 1 aliphatic heterocycles. The fourth-order valence-corrected chi connectivity index (χ4v) is 3.37. The van der Waals surface area contributed by atoms with Crippen molar-refractivity contribution in [3.63, 3.8) is 0 Å². The van der Waals surface area contributed by atoms with Gasteiger partial charge in [-0.05, 0) is 24.3 Å². The van der Waals surface area contributed by atoms with E-state index in [0.29, 0.717) is 12.3 Å². The largest absolute Gasteiger partial charge is 0.417 e. The Labute approximate surface area is 204 Å². The van der Waals surface area contributed by atoms with Gasteiger partial charge in [0.15, 0.2) is 0 Å². The zero-order valence-electron chi connectivity index (χ0n) is 18.1. The van der Waals surface area contributed by atoms with Gasteiger partial charge in [-0.1, -0.05) is 11.6 Å². The van der Waals surface area contributed by atoms with Crippen molar-refractivity contribution in [2.45, 2.75) is 12.4 Å². The van der Waals surface area contributed by atoms with E-state index in [1.54, 1.807) is 0 Å². The minimum Gasteiger partial charge on any atom is -0.395 e. The molecule has 0 radical (unpaired) electrons. The molecular formula is C21H18ClF6N5O3. The molecule has 0 saturated carbocycles. The minimum atomic E-state index is -4.69. The van der Waals surface area contributed by atoms with E-state index in [-0.39, 0.29) is 47.5 Å². The summed E-state index contributed by atoms with van der Waals surface area (Å²) in [5, 5.41) is 16.8. The molecule has 194 valence electrons. The average molecular weight is 538 g/mol. The number of aromatic nitrogens is 1. The van der Waals surface area contributed by atoms with E-state index >= 15 is 0 Å². The molecule has 2 heterocycles. The molecule has 1 aromatic carbocycles. The third-order valence-corrected chi connectivity index (χ3v) is 5.14. The smallest absolute Gasteiger partial charge is 0.395 e. The number of aliphatic hydroxyl groups excluding tert-OH is 1. The molecule has 0 aliphatic carbocycles. The molecule has 0 saturated heterocycles. The number of carbonyl (C=O) groups excluding carboxylic acids is 2. The summed E-state index contributed by atoms with van der Waals surface area (Å²) < 4.78 is 77.9. The number of halogens is 7. The summed E-state index contributed by atoms with van der Waals surface area (Å²) in [7, 11) is 0. The van der Waals surface area contributed by atoms with Gasteiger partial charge in [0.25, 0.3) is 11.8 Å². The van der Waals surface area contributed by atoms with Crippen LogP contribution >= 0.6 is 11.6 Å². The molecule has 3 rings (SSSR count). The number of nitrogens with zero attached hydrogens (tertiary/aromatic N) is 2. The Kier molecular flexibility index (Phi) is 7.99. The number of alkyl halides is 6. The highest BCUT2D eigenvalue weighted by Gasteiger charge is 2.34. The summed E-state index contributed by atoms with van der Waals surface area (Å²) >= 11 is 5.82. The van der Waals surface area contributed by atoms with Gasteiger partial charge >= 0.3 is 12.4 Å². The van der Waals surface area contributed by atoms with Gasteiger partial charge in [0, 0.05) is 25.4 Å². The Balaban J connectivity index is 1.72. The van der Waals surface area contributed by atoms with Crippen LogP contribution in [-0.2, 0) is 21.9 Å². The van der Waals surface area contributed by atoms with Crippen molar-refractivity contribution in [1.82, 2.24) is 9.88 Å². The highest BCUT2D eigenvalue weighted by molar-refractivity contribution is 6.33. The zero-order chi connectivity index (χ0) is 26.7. The van der Waals surface area contributed by atoms with Crippen LogP contribution < -0.4 is 16.0 Å². The predicted octanol–water partition coefficient (Wildman–Crippen LogP) is 3.95. The highest BCUT2D eigenvalue weighted by Crippen LogP contribution is 2.35. The second-order valence-corrected chi connectivity index (χ2v) is 7.77. The first kappa shape index (κ1) is 27.1. The van der Waals surface area contributed by atoms with E-state index in [9.17, 15) is 35.9 Å². The topological polar surface area (TPSA) is 107 Å². The number of amides is 2. The van der Waals surface area contributed by atoms with Gasteiger partial charge in [0.1, 0.15) is 11.5 Å². The van der Waals surface area contributed by atoms with Crippen LogP contribution in [0.15, 0.2) is 42.2 Å². The first-order valence-electron chi connectivity index (χ1n) is 10.2. The second kappa shape index (κ2) is 10.6. The normalized spacial score (nSPS) is 14.2. The lowest BCUT2D eigenvalue weighted by molar-refractivity contribution is -0.138. The second-order valence-electron chi connectivity index (χ2n) is 7.37. The molecule has 1 aliphatic rings. The van der Waals surface area contributed by atoms with Crippen LogP contribution in [0.4, 0.5) is 43.5 Å². The van der Waals surface area contributed by atoms with Crippen LogP contribution in [-0.4, -0.2) is 53.0 Å². The van der Waals surface area contributed by atoms with E-state index in [0.717, 1.165) is 29.2 Å². The Morgan fingerprint density at radius 1 is 0.944 bits per heavy atom. The summed E-state index contributed by atoms with van der Waals surface area (Å²) in [6.45, 7) is -0.649. The molecule has 0 bridgehead atoms. The first-order valence-corrected chi connectivity index (χ1v) is 10.6. The van der Waals surface area contributed by atoms with Gasteiger partial charge in [-0.2, -0.15) is 26.3 Å². The fourth-order valence-electron chi connectivity index (χ4n) is 3.13. The van der Waals surface area contributed by atoms with Crippen LogP contribution in [0.2, 0.25) is 5.02 Å². The molecule has 36 heavy (non-hydrogen) atoms. The number of aliphatic hydroxyl groups is 1. The molecule has 0 atom stereocenters. The molecule has 0 unspecified atom stereocenters. The zero-order valence-corrected chi connectivity index (χ0v) is 18.9. The van der Waals surface area contributed by atoms with Gasteiger partial charge in [0.05, 0.1) is 40.7 Å². The number of nitrogens with one attached hydrogen (secondary N) is 3. The molecule has 0 spiro atoms. The third-order valence-electron chi connectivity index (χ3n) is 4.85. The van der Waals surface area contributed by atoms with Gasteiger partial charge < -0.3 is 21.1 Å². The number of benzene rings is 1. The molecule has 4 N–H and O–H groups in total. The molecular weight excluding hydrogens is 520 g/mol. The van der Waals surface area contributed by atoms with E-state index in [1.165, 1.54) is 0 Å². The van der Waals surface area contributed by atoms with Crippen molar-refractivity contribution >= 4 is 40.6 Å². The predicted molar refractivity (Wildman–Crippen MR) is 118 cm³/mol. The summed E-state index contributed by atoms with van der Waals surface area (Å²) in [6, 6.07) is 3.37. The number of rotatable bonds is 9. The first-order chi connectivity index (χ1) is 16.8. The Bertz CT molecular complexity index is 1190. The van der Waals surface area contributed by atoms with E-state index in [4.69, 9.17) is 16.7 Å². The fraction of sp³-hybridized carbons (Fsp3) is 0.286. The summed E-state index contributed by atoms with van der Waals surface area (Å²) in [6.07, 6.45) is -7.79. The summed E-state index contributed by atoms with van der Waals surface area (Å²) in [4.78, 5) is 28.6. The lowest BCUT2D eigenvalue weighted by Crippen LogP contribution is -2.34. The number of β-amino-alcohol motifs (C(OH)–C–C–N with tert-alkyl or cyclic N) is 1. The molecule has 0 fully saturated rings. The van der Waals surface area contributed by atoms with Gasteiger partial charge in [-0.15, -0.1) is 0 Å². The molecule has 1 aromatic heterocycles. The van der Waals surface area contributed by atoms with Crippen molar-refractivity contribution in [1.29, 1.82) is 0 Å². The maximum Gasteiger partial charge on any atom is 0.417 e. The van der Waals surface area contributed by atoms with E-state index in [2.05, 4.69) is 20.9 Å². The van der Waals surface area contributed by atoms with Crippen molar-refractivity contribution in [2.75, 3.05) is 42.2 Å². The number of hydrogen-bond acceptors (Lipinski definition) is 7. The lowest BCUT2D eigenvalue weighted by Gasteiger charge is -2.18. The van der Waals surface area contributed by atoms with Gasteiger partial charge in [-0.25, -0.2) is 4.98 Å². The Morgan fingerprint density at radius 2 is 1.61 bits per heavy atom.